The van der Waals surface area contributed by atoms with Gasteiger partial charge >= 0.3 is 5.97 Å². The first-order chi connectivity index (χ1) is 10.0. The Labute approximate surface area is 120 Å². The number of carbonyl (C=O) groups excluding carboxylic acids is 4. The standard InChI is InChI=1S/C15H13NO5/c1-21-14(20)15(10-7-12(18)16-13(10)19)9-5-3-2-4-8(9)6-11(15)17/h2-5,10H,6-7H2,1H3,(H,16,18,19). The van der Waals surface area contributed by atoms with Crippen LogP contribution in [0.2, 0.25) is 0 Å². The van der Waals surface area contributed by atoms with Crippen LogP contribution in [0, 0.1) is 5.92 Å². The van der Waals surface area contributed by atoms with E-state index in [4.69, 9.17) is 4.74 Å². The molecule has 3 rings (SSSR count). The van der Waals surface area contributed by atoms with Gasteiger partial charge in [0, 0.05) is 12.8 Å². The monoisotopic (exact) mass is 287 g/mol. The fourth-order valence-corrected chi connectivity index (χ4v) is 3.33. The Morgan fingerprint density at radius 3 is 2.62 bits per heavy atom. The molecule has 1 aliphatic carbocycles. The summed E-state index contributed by atoms with van der Waals surface area (Å²) in [6, 6.07) is 6.85. The Morgan fingerprint density at radius 2 is 2.00 bits per heavy atom. The number of Topliss-reactive ketones (excluding diaryl/α,β-unsaturated/α-hetero) is 1. The first-order valence-electron chi connectivity index (χ1n) is 6.55. The molecule has 0 aromatic heterocycles. The summed E-state index contributed by atoms with van der Waals surface area (Å²) in [6.45, 7) is 0. The van der Waals surface area contributed by atoms with Crippen LogP contribution in [0.5, 0.6) is 0 Å². The van der Waals surface area contributed by atoms with Crippen LogP contribution >= 0.6 is 0 Å². The molecule has 1 fully saturated rings. The molecule has 1 N–H and O–H groups in total. The molecule has 2 amide bonds. The molecule has 0 radical (unpaired) electrons. The predicted molar refractivity (Wildman–Crippen MR) is 70.1 cm³/mol. The lowest BCUT2D eigenvalue weighted by Gasteiger charge is -2.29. The van der Waals surface area contributed by atoms with Crippen LogP contribution in [0.15, 0.2) is 24.3 Å². The number of esters is 1. The normalized spacial score (nSPS) is 27.5. The van der Waals surface area contributed by atoms with Crippen LogP contribution in [-0.2, 0) is 35.8 Å². The van der Waals surface area contributed by atoms with Crippen LogP contribution in [0.1, 0.15) is 17.5 Å². The van der Waals surface area contributed by atoms with Gasteiger partial charge in [0.05, 0.1) is 13.0 Å². The first kappa shape index (κ1) is 13.5. The molecule has 1 saturated heterocycles. The molecule has 2 atom stereocenters. The van der Waals surface area contributed by atoms with Crippen LogP contribution in [-0.4, -0.2) is 30.7 Å². The summed E-state index contributed by atoms with van der Waals surface area (Å²) < 4.78 is 4.81. The summed E-state index contributed by atoms with van der Waals surface area (Å²) in [5, 5.41) is 2.16. The van der Waals surface area contributed by atoms with Gasteiger partial charge in [0.2, 0.25) is 11.8 Å². The Morgan fingerprint density at radius 1 is 1.29 bits per heavy atom. The van der Waals surface area contributed by atoms with E-state index in [0.29, 0.717) is 11.1 Å². The number of amides is 2. The van der Waals surface area contributed by atoms with Crippen molar-refractivity contribution in [2.24, 2.45) is 5.92 Å². The fraction of sp³-hybridized carbons (Fsp3) is 0.333. The minimum absolute atomic E-state index is 0.0588. The summed E-state index contributed by atoms with van der Waals surface area (Å²) in [6.07, 6.45) is -0.128. The van der Waals surface area contributed by atoms with Gasteiger partial charge in [-0.15, -0.1) is 0 Å². The number of hydrogen-bond donors (Lipinski definition) is 1. The van der Waals surface area contributed by atoms with Crippen LogP contribution in [0.25, 0.3) is 0 Å². The maximum atomic E-state index is 12.6. The number of ketones is 1. The van der Waals surface area contributed by atoms with Gasteiger partial charge in [0.1, 0.15) is 0 Å². The third-order valence-corrected chi connectivity index (χ3v) is 4.23. The van der Waals surface area contributed by atoms with Gasteiger partial charge in [0.25, 0.3) is 0 Å². The molecule has 2 unspecified atom stereocenters. The summed E-state index contributed by atoms with van der Waals surface area (Å²) in [4.78, 5) is 48.6. The van der Waals surface area contributed by atoms with E-state index in [9.17, 15) is 19.2 Å². The molecule has 1 aromatic carbocycles. The largest absolute Gasteiger partial charge is 0.468 e. The highest BCUT2D eigenvalue weighted by Crippen LogP contribution is 2.45. The second-order valence-electron chi connectivity index (χ2n) is 5.23. The molecule has 2 aliphatic rings. The Bertz CT molecular complexity index is 670. The van der Waals surface area contributed by atoms with E-state index in [2.05, 4.69) is 5.32 Å². The number of fused-ring (bicyclic) bond motifs is 1. The molecule has 6 nitrogen and oxygen atoms in total. The van der Waals surface area contributed by atoms with Gasteiger partial charge in [0.15, 0.2) is 11.2 Å². The Hall–Kier alpha value is -2.50. The SMILES string of the molecule is COC(=O)C1(C2CC(=O)NC2=O)C(=O)Cc2ccccc21. The number of ether oxygens (including phenoxy) is 1. The summed E-state index contributed by atoms with van der Waals surface area (Å²) in [7, 11) is 1.17. The van der Waals surface area contributed by atoms with Gasteiger partial charge in [-0.1, -0.05) is 24.3 Å². The van der Waals surface area contributed by atoms with E-state index in [1.54, 1.807) is 24.3 Å². The van der Waals surface area contributed by atoms with Crippen molar-refractivity contribution in [2.75, 3.05) is 7.11 Å². The lowest BCUT2D eigenvalue weighted by molar-refractivity contribution is -0.156. The molecule has 1 heterocycles. The second kappa shape index (κ2) is 4.51. The minimum Gasteiger partial charge on any atom is -0.468 e. The van der Waals surface area contributed by atoms with Crippen molar-refractivity contribution in [3.63, 3.8) is 0 Å². The van der Waals surface area contributed by atoms with Crippen molar-refractivity contribution in [3.8, 4) is 0 Å². The van der Waals surface area contributed by atoms with Gasteiger partial charge in [-0.25, -0.2) is 0 Å². The third-order valence-electron chi connectivity index (χ3n) is 4.23. The average Bonchev–Trinajstić information content (AvgIpc) is 2.94. The molecule has 1 aromatic rings. The smallest absolute Gasteiger partial charge is 0.324 e. The van der Waals surface area contributed by atoms with E-state index in [1.807, 2.05) is 0 Å². The number of methoxy groups -OCH3 is 1. The number of hydrogen-bond acceptors (Lipinski definition) is 5. The number of nitrogens with one attached hydrogen (secondary N) is 1. The van der Waals surface area contributed by atoms with E-state index < -0.39 is 34.9 Å². The molecular formula is C15H13NO5. The van der Waals surface area contributed by atoms with E-state index in [1.165, 1.54) is 7.11 Å². The van der Waals surface area contributed by atoms with E-state index >= 15 is 0 Å². The highest BCUT2D eigenvalue weighted by atomic mass is 16.5. The Kier molecular flexibility index (Phi) is 2.90. The van der Waals surface area contributed by atoms with Crippen LogP contribution in [0.3, 0.4) is 0 Å². The molecule has 0 saturated carbocycles. The summed E-state index contributed by atoms with van der Waals surface area (Å²) in [5.74, 6) is -3.31. The van der Waals surface area contributed by atoms with Crippen molar-refractivity contribution in [3.05, 3.63) is 35.4 Å². The molecule has 21 heavy (non-hydrogen) atoms. The number of benzene rings is 1. The highest BCUT2D eigenvalue weighted by molar-refractivity contribution is 6.19. The van der Waals surface area contributed by atoms with Crippen molar-refractivity contribution >= 4 is 23.6 Å². The van der Waals surface area contributed by atoms with Gasteiger partial charge in [-0.05, 0) is 11.1 Å². The van der Waals surface area contributed by atoms with Crippen LogP contribution in [0.4, 0.5) is 0 Å². The molecular weight excluding hydrogens is 274 g/mol. The van der Waals surface area contributed by atoms with E-state index in [0.717, 1.165) is 0 Å². The fourth-order valence-electron chi connectivity index (χ4n) is 3.33. The minimum atomic E-state index is -1.71. The zero-order chi connectivity index (χ0) is 15.2. The zero-order valence-corrected chi connectivity index (χ0v) is 11.3. The van der Waals surface area contributed by atoms with Crippen molar-refractivity contribution in [2.45, 2.75) is 18.3 Å². The number of imide groups is 1. The highest BCUT2D eigenvalue weighted by Gasteiger charge is 2.62. The molecule has 6 heteroatoms. The topological polar surface area (TPSA) is 89.5 Å². The van der Waals surface area contributed by atoms with Gasteiger partial charge in [-0.2, -0.15) is 0 Å². The maximum Gasteiger partial charge on any atom is 0.324 e. The van der Waals surface area contributed by atoms with Gasteiger partial charge < -0.3 is 4.74 Å². The maximum absolute atomic E-state index is 12.6. The molecule has 0 bridgehead atoms. The zero-order valence-electron chi connectivity index (χ0n) is 11.3. The number of rotatable bonds is 2. The van der Waals surface area contributed by atoms with Crippen molar-refractivity contribution in [1.82, 2.24) is 5.32 Å². The van der Waals surface area contributed by atoms with Crippen molar-refractivity contribution in [1.29, 1.82) is 0 Å². The summed E-state index contributed by atoms with van der Waals surface area (Å²) in [5.41, 5.74) is -0.543. The molecule has 1 aliphatic heterocycles. The van der Waals surface area contributed by atoms with E-state index in [-0.39, 0.29) is 12.8 Å². The quantitative estimate of drug-likeness (QED) is 0.465. The predicted octanol–water partition coefficient (Wildman–Crippen LogP) is -0.115. The Balaban J connectivity index is 2.24. The molecule has 108 valence electrons. The average molecular weight is 287 g/mol. The lowest BCUT2D eigenvalue weighted by Crippen LogP contribution is -2.50. The van der Waals surface area contributed by atoms with Crippen LogP contribution < -0.4 is 5.32 Å². The third kappa shape index (κ3) is 1.65. The lowest BCUT2D eigenvalue weighted by atomic mass is 9.69. The molecule has 0 spiro atoms. The van der Waals surface area contributed by atoms with Crippen molar-refractivity contribution < 1.29 is 23.9 Å². The first-order valence-corrected chi connectivity index (χ1v) is 6.55. The number of carbonyl (C=O) groups is 4. The second-order valence-corrected chi connectivity index (χ2v) is 5.23. The summed E-state index contributed by atoms with van der Waals surface area (Å²) >= 11 is 0. The van der Waals surface area contributed by atoms with Gasteiger partial charge in [-0.3, -0.25) is 24.5 Å².